The van der Waals surface area contributed by atoms with E-state index in [-0.39, 0.29) is 10.5 Å². The van der Waals surface area contributed by atoms with Crippen molar-refractivity contribution in [3.63, 3.8) is 0 Å². The fourth-order valence-electron chi connectivity index (χ4n) is 2.92. The van der Waals surface area contributed by atoms with E-state index in [0.717, 1.165) is 18.5 Å². The zero-order valence-corrected chi connectivity index (χ0v) is 16.6. The number of benzene rings is 3. The first-order valence-electron chi connectivity index (χ1n) is 8.80. The Morgan fingerprint density at radius 1 is 0.893 bits per heavy atom. The van der Waals surface area contributed by atoms with E-state index in [0.29, 0.717) is 5.69 Å². The zero-order valence-electron chi connectivity index (χ0n) is 15.8. The van der Waals surface area contributed by atoms with Crippen molar-refractivity contribution in [1.82, 2.24) is 0 Å². The van der Waals surface area contributed by atoms with Gasteiger partial charge in [-0.2, -0.15) is 0 Å². The third kappa shape index (κ3) is 4.78. The fourth-order valence-corrected chi connectivity index (χ4v) is 3.81. The Kier molecular flexibility index (Phi) is 5.80. The van der Waals surface area contributed by atoms with Crippen molar-refractivity contribution in [1.29, 1.82) is 0 Å². The van der Waals surface area contributed by atoms with E-state index in [4.69, 9.17) is 0 Å². The first kappa shape index (κ1) is 19.6. The van der Waals surface area contributed by atoms with E-state index in [9.17, 15) is 13.2 Å². The normalized spacial score (nSPS) is 11.1. The molecule has 5 nitrogen and oxygen atoms in total. The topological polar surface area (TPSA) is 66.5 Å². The van der Waals surface area contributed by atoms with Gasteiger partial charge < -0.3 is 10.2 Å². The van der Waals surface area contributed by atoms with Gasteiger partial charge in [0, 0.05) is 31.2 Å². The molecular formula is C22H22N2O3S. The number of rotatable bonds is 6. The van der Waals surface area contributed by atoms with E-state index >= 15 is 0 Å². The van der Waals surface area contributed by atoms with E-state index in [1.807, 2.05) is 37.4 Å². The van der Waals surface area contributed by atoms with Crippen LogP contribution in [0, 0.1) is 0 Å². The predicted octanol–water partition coefficient (Wildman–Crippen LogP) is 3.98. The second-order valence-corrected chi connectivity index (χ2v) is 8.60. The van der Waals surface area contributed by atoms with Gasteiger partial charge >= 0.3 is 0 Å². The smallest absolute Gasteiger partial charge is 0.256 e. The number of sulfone groups is 1. The Hall–Kier alpha value is -3.12. The average Bonchev–Trinajstić information content (AvgIpc) is 2.68. The number of nitrogens with zero attached hydrogens (tertiary/aromatic N) is 1. The minimum absolute atomic E-state index is 0.0201. The summed E-state index contributed by atoms with van der Waals surface area (Å²) in [6.45, 7) is 0.772. The summed E-state index contributed by atoms with van der Waals surface area (Å²) < 4.78 is 23.8. The standard InChI is InChI=1S/C22H22N2O3S/c1-24(16-17-8-4-3-5-9-17)19-14-12-18(13-15-19)23-22(25)20-10-6-7-11-21(20)28(2,26)27/h3-15H,16H2,1-2H3,(H,23,25). The summed E-state index contributed by atoms with van der Waals surface area (Å²) in [5, 5.41) is 2.76. The van der Waals surface area contributed by atoms with Gasteiger partial charge in [0.15, 0.2) is 9.84 Å². The molecular weight excluding hydrogens is 372 g/mol. The third-order valence-electron chi connectivity index (χ3n) is 4.36. The number of carbonyl (C=O) groups is 1. The van der Waals surface area contributed by atoms with Crippen molar-refractivity contribution in [2.45, 2.75) is 11.4 Å². The maximum absolute atomic E-state index is 12.6. The number of anilines is 2. The van der Waals surface area contributed by atoms with E-state index in [1.54, 1.807) is 24.3 Å². The molecule has 0 saturated heterocycles. The second kappa shape index (κ2) is 8.27. The lowest BCUT2D eigenvalue weighted by atomic mass is 10.2. The Labute approximate surface area is 165 Å². The van der Waals surface area contributed by atoms with Gasteiger partial charge in [0.25, 0.3) is 5.91 Å². The minimum Gasteiger partial charge on any atom is -0.370 e. The largest absolute Gasteiger partial charge is 0.370 e. The molecule has 3 aromatic rings. The lowest BCUT2D eigenvalue weighted by Crippen LogP contribution is -2.17. The molecule has 144 valence electrons. The molecule has 3 aromatic carbocycles. The molecule has 0 saturated carbocycles. The molecule has 0 unspecified atom stereocenters. The molecule has 0 spiro atoms. The van der Waals surface area contributed by atoms with Crippen LogP contribution in [0.15, 0.2) is 83.8 Å². The summed E-state index contributed by atoms with van der Waals surface area (Å²) in [5.74, 6) is -0.452. The maximum atomic E-state index is 12.6. The van der Waals surface area contributed by atoms with Crippen LogP contribution in [0.4, 0.5) is 11.4 Å². The van der Waals surface area contributed by atoms with E-state index in [1.165, 1.54) is 17.7 Å². The van der Waals surface area contributed by atoms with Crippen molar-refractivity contribution in [3.05, 3.63) is 90.0 Å². The van der Waals surface area contributed by atoms with Crippen LogP contribution in [0.2, 0.25) is 0 Å². The highest BCUT2D eigenvalue weighted by atomic mass is 32.2. The molecule has 0 atom stereocenters. The SMILES string of the molecule is CN(Cc1ccccc1)c1ccc(NC(=O)c2ccccc2S(C)(=O)=O)cc1. The molecule has 0 aromatic heterocycles. The Bertz CT molecular complexity index is 1060. The minimum atomic E-state index is -3.49. The van der Waals surface area contributed by atoms with Crippen LogP contribution >= 0.6 is 0 Å². The number of amides is 1. The van der Waals surface area contributed by atoms with Crippen LogP contribution in [-0.2, 0) is 16.4 Å². The van der Waals surface area contributed by atoms with Crippen LogP contribution in [-0.4, -0.2) is 27.6 Å². The first-order chi connectivity index (χ1) is 13.3. The third-order valence-corrected chi connectivity index (χ3v) is 5.51. The van der Waals surface area contributed by atoms with Crippen molar-refractivity contribution in [3.8, 4) is 0 Å². The Morgan fingerprint density at radius 3 is 2.14 bits per heavy atom. The molecule has 0 radical (unpaired) electrons. The fraction of sp³-hybridized carbons (Fsp3) is 0.136. The second-order valence-electron chi connectivity index (χ2n) is 6.61. The van der Waals surface area contributed by atoms with Crippen LogP contribution in [0.3, 0.4) is 0 Å². The van der Waals surface area contributed by atoms with Crippen molar-refractivity contribution < 1.29 is 13.2 Å². The molecule has 0 aliphatic carbocycles. The Balaban J connectivity index is 1.72. The molecule has 3 rings (SSSR count). The van der Waals surface area contributed by atoms with E-state index in [2.05, 4.69) is 22.3 Å². The monoisotopic (exact) mass is 394 g/mol. The molecule has 0 aliphatic heterocycles. The molecule has 28 heavy (non-hydrogen) atoms. The van der Waals surface area contributed by atoms with Crippen molar-refractivity contribution in [2.24, 2.45) is 0 Å². The quantitative estimate of drug-likeness (QED) is 0.687. The summed E-state index contributed by atoms with van der Waals surface area (Å²) in [6.07, 6.45) is 1.09. The van der Waals surface area contributed by atoms with Crippen LogP contribution in [0.5, 0.6) is 0 Å². The molecule has 0 bridgehead atoms. The number of nitrogens with one attached hydrogen (secondary N) is 1. The highest BCUT2D eigenvalue weighted by Gasteiger charge is 2.18. The summed E-state index contributed by atoms with van der Waals surface area (Å²) in [7, 11) is -1.48. The summed E-state index contributed by atoms with van der Waals surface area (Å²) in [5.41, 5.74) is 2.96. The summed E-state index contributed by atoms with van der Waals surface area (Å²) in [4.78, 5) is 14.7. The van der Waals surface area contributed by atoms with Gasteiger partial charge in [0.05, 0.1) is 10.5 Å². The van der Waals surface area contributed by atoms with Crippen molar-refractivity contribution in [2.75, 3.05) is 23.5 Å². The van der Waals surface area contributed by atoms with Gasteiger partial charge in [-0.1, -0.05) is 42.5 Å². The Morgan fingerprint density at radius 2 is 1.50 bits per heavy atom. The van der Waals surface area contributed by atoms with Crippen LogP contribution < -0.4 is 10.2 Å². The van der Waals surface area contributed by atoms with Crippen molar-refractivity contribution >= 4 is 27.1 Å². The summed E-state index contributed by atoms with van der Waals surface area (Å²) >= 11 is 0. The van der Waals surface area contributed by atoms with Gasteiger partial charge in [-0.3, -0.25) is 4.79 Å². The molecule has 0 fully saturated rings. The molecule has 1 amide bonds. The number of hydrogen-bond donors (Lipinski definition) is 1. The van der Waals surface area contributed by atoms with E-state index < -0.39 is 15.7 Å². The zero-order chi connectivity index (χ0) is 20.1. The molecule has 0 aliphatic rings. The first-order valence-corrected chi connectivity index (χ1v) is 10.7. The van der Waals surface area contributed by atoms with Gasteiger partial charge in [-0.15, -0.1) is 0 Å². The highest BCUT2D eigenvalue weighted by molar-refractivity contribution is 7.90. The molecule has 1 N–H and O–H groups in total. The summed E-state index contributed by atoms with van der Waals surface area (Å²) in [6, 6.07) is 23.8. The van der Waals surface area contributed by atoms with Gasteiger partial charge in [-0.25, -0.2) is 8.42 Å². The van der Waals surface area contributed by atoms with Crippen LogP contribution in [0.1, 0.15) is 15.9 Å². The van der Waals surface area contributed by atoms with Gasteiger partial charge in [0.2, 0.25) is 0 Å². The molecule has 0 heterocycles. The maximum Gasteiger partial charge on any atom is 0.256 e. The lowest BCUT2D eigenvalue weighted by molar-refractivity contribution is 0.102. The lowest BCUT2D eigenvalue weighted by Gasteiger charge is -2.20. The number of carbonyl (C=O) groups excluding carboxylic acids is 1. The van der Waals surface area contributed by atoms with Crippen LogP contribution in [0.25, 0.3) is 0 Å². The van der Waals surface area contributed by atoms with Gasteiger partial charge in [0.1, 0.15) is 0 Å². The average molecular weight is 394 g/mol. The number of hydrogen-bond acceptors (Lipinski definition) is 4. The van der Waals surface area contributed by atoms with Gasteiger partial charge in [-0.05, 0) is 42.0 Å². The highest BCUT2D eigenvalue weighted by Crippen LogP contribution is 2.21. The molecule has 6 heteroatoms. The predicted molar refractivity (Wildman–Crippen MR) is 112 cm³/mol.